The molecule has 0 spiro atoms. The average Bonchev–Trinajstić information content (AvgIpc) is 2.43. The van der Waals surface area contributed by atoms with Gasteiger partial charge in [-0.2, -0.15) is 0 Å². The first-order valence-corrected chi connectivity index (χ1v) is 6.80. The van der Waals surface area contributed by atoms with E-state index in [1.165, 1.54) is 12.1 Å². The summed E-state index contributed by atoms with van der Waals surface area (Å²) in [5, 5.41) is 11.7. The van der Waals surface area contributed by atoms with Crippen molar-refractivity contribution in [2.45, 2.75) is 39.0 Å². The van der Waals surface area contributed by atoms with Gasteiger partial charge in [-0.3, -0.25) is 9.18 Å². The van der Waals surface area contributed by atoms with Gasteiger partial charge < -0.3 is 10.4 Å². The summed E-state index contributed by atoms with van der Waals surface area (Å²) >= 11 is 0. The van der Waals surface area contributed by atoms with Gasteiger partial charge in [0.15, 0.2) is 0 Å². The first-order valence-electron chi connectivity index (χ1n) is 6.80. The number of aryl methyl sites for hydroxylation is 1. The van der Waals surface area contributed by atoms with Gasteiger partial charge in [0.05, 0.1) is 12.2 Å². The predicted octanol–water partition coefficient (Wildman–Crippen LogP) is 3.42. The second-order valence-electron chi connectivity index (χ2n) is 4.62. The number of carbonyl (C=O) groups is 2. The fourth-order valence-corrected chi connectivity index (χ4v) is 1.86. The van der Waals surface area contributed by atoms with E-state index in [0.29, 0.717) is 30.5 Å². The number of unbranched alkanes of at least 4 members (excludes halogenated alkanes) is 1. The summed E-state index contributed by atoms with van der Waals surface area (Å²) in [7, 11) is 0. The van der Waals surface area contributed by atoms with E-state index in [4.69, 9.17) is 5.11 Å². The van der Waals surface area contributed by atoms with E-state index in [-0.39, 0.29) is 11.5 Å². The number of carboxylic acid groups (broad SMARTS) is 1. The molecule has 1 rings (SSSR count). The highest BCUT2D eigenvalue weighted by molar-refractivity contribution is 5.93. The number of halogens is 1. The van der Waals surface area contributed by atoms with Crippen molar-refractivity contribution in [3.63, 3.8) is 0 Å². The number of aromatic carboxylic acids is 1. The van der Waals surface area contributed by atoms with E-state index in [2.05, 4.69) is 5.32 Å². The van der Waals surface area contributed by atoms with Crippen molar-refractivity contribution in [1.82, 2.24) is 0 Å². The maximum atomic E-state index is 12.3. The molecule has 0 aromatic heterocycles. The van der Waals surface area contributed by atoms with Gasteiger partial charge in [-0.25, -0.2) is 4.79 Å². The third-order valence-electron chi connectivity index (χ3n) is 2.96. The molecule has 0 atom stereocenters. The fraction of sp³-hybridized carbons (Fsp3) is 0.467. The molecule has 0 aliphatic rings. The topological polar surface area (TPSA) is 66.4 Å². The summed E-state index contributed by atoms with van der Waals surface area (Å²) in [6.45, 7) is 1.53. The summed E-state index contributed by atoms with van der Waals surface area (Å²) in [5.41, 5.74) is 1.38. The Balaban J connectivity index is 2.87. The van der Waals surface area contributed by atoms with E-state index < -0.39 is 12.6 Å². The monoisotopic (exact) mass is 281 g/mol. The standard InChI is InChI=1S/C15H20FNO3/c1-2-3-6-14(18)17-13-8-7-12(15(19)20)10-11(13)5-4-9-16/h7-8,10H,2-6,9H2,1H3,(H,17,18)(H,19,20). The normalized spacial score (nSPS) is 10.3. The van der Waals surface area contributed by atoms with Crippen LogP contribution in [-0.4, -0.2) is 23.7 Å². The van der Waals surface area contributed by atoms with Crippen molar-refractivity contribution >= 4 is 17.6 Å². The molecular formula is C15H20FNO3. The zero-order valence-corrected chi connectivity index (χ0v) is 11.6. The van der Waals surface area contributed by atoms with Crippen LogP contribution in [0.4, 0.5) is 10.1 Å². The van der Waals surface area contributed by atoms with Crippen molar-refractivity contribution in [3.8, 4) is 0 Å². The second kappa shape index (κ2) is 8.30. The molecule has 2 N–H and O–H groups in total. The van der Waals surface area contributed by atoms with Crippen LogP contribution < -0.4 is 5.32 Å². The Bertz CT molecular complexity index is 474. The molecule has 0 fully saturated rings. The van der Waals surface area contributed by atoms with E-state index in [1.54, 1.807) is 6.07 Å². The SMILES string of the molecule is CCCCC(=O)Nc1ccc(C(=O)O)cc1CCCF. The van der Waals surface area contributed by atoms with Crippen LogP contribution >= 0.6 is 0 Å². The Labute approximate surface area is 118 Å². The number of benzene rings is 1. The molecule has 0 saturated heterocycles. The summed E-state index contributed by atoms with van der Waals surface area (Å²) in [4.78, 5) is 22.7. The van der Waals surface area contributed by atoms with Crippen molar-refractivity contribution in [2.24, 2.45) is 0 Å². The van der Waals surface area contributed by atoms with E-state index >= 15 is 0 Å². The summed E-state index contributed by atoms with van der Waals surface area (Å²) in [5.74, 6) is -1.13. The molecule has 110 valence electrons. The summed E-state index contributed by atoms with van der Waals surface area (Å²) < 4.78 is 12.3. The molecule has 0 bridgehead atoms. The number of carboxylic acids is 1. The number of anilines is 1. The highest BCUT2D eigenvalue weighted by Gasteiger charge is 2.10. The maximum absolute atomic E-state index is 12.3. The minimum atomic E-state index is -1.03. The van der Waals surface area contributed by atoms with Crippen LogP contribution in [0.25, 0.3) is 0 Å². The summed E-state index contributed by atoms with van der Waals surface area (Å²) in [6.07, 6.45) is 2.88. The highest BCUT2D eigenvalue weighted by atomic mass is 19.1. The molecule has 0 radical (unpaired) electrons. The third-order valence-corrected chi connectivity index (χ3v) is 2.96. The minimum absolute atomic E-state index is 0.101. The summed E-state index contributed by atoms with van der Waals surface area (Å²) in [6, 6.07) is 4.50. The molecule has 1 amide bonds. The first kappa shape index (κ1) is 16.1. The number of alkyl halides is 1. The van der Waals surface area contributed by atoms with E-state index in [9.17, 15) is 14.0 Å². The molecular weight excluding hydrogens is 261 g/mol. The molecule has 1 aromatic carbocycles. The van der Waals surface area contributed by atoms with Crippen LogP contribution in [0.1, 0.15) is 48.5 Å². The van der Waals surface area contributed by atoms with Gasteiger partial charge in [0.2, 0.25) is 5.91 Å². The molecule has 0 saturated carbocycles. The number of nitrogens with one attached hydrogen (secondary N) is 1. The largest absolute Gasteiger partial charge is 0.478 e. The van der Waals surface area contributed by atoms with Gasteiger partial charge in [-0.15, -0.1) is 0 Å². The van der Waals surface area contributed by atoms with Crippen LogP contribution in [0.3, 0.4) is 0 Å². The number of carbonyl (C=O) groups excluding carboxylic acids is 1. The lowest BCUT2D eigenvalue weighted by molar-refractivity contribution is -0.116. The molecule has 0 unspecified atom stereocenters. The second-order valence-corrected chi connectivity index (χ2v) is 4.62. The van der Waals surface area contributed by atoms with Gasteiger partial charge in [-0.05, 0) is 43.0 Å². The highest BCUT2D eigenvalue weighted by Crippen LogP contribution is 2.20. The van der Waals surface area contributed by atoms with Gasteiger partial charge in [0.25, 0.3) is 0 Å². The molecule has 0 aliphatic carbocycles. The third kappa shape index (κ3) is 4.99. The smallest absolute Gasteiger partial charge is 0.335 e. The number of hydrogen-bond donors (Lipinski definition) is 2. The average molecular weight is 281 g/mol. The van der Waals surface area contributed by atoms with Crippen LogP contribution in [0.5, 0.6) is 0 Å². The van der Waals surface area contributed by atoms with E-state index in [0.717, 1.165) is 12.8 Å². The minimum Gasteiger partial charge on any atom is -0.478 e. The maximum Gasteiger partial charge on any atom is 0.335 e. The molecule has 1 aromatic rings. The zero-order chi connectivity index (χ0) is 15.0. The lowest BCUT2D eigenvalue weighted by atomic mass is 10.0. The van der Waals surface area contributed by atoms with Gasteiger partial charge in [-0.1, -0.05) is 13.3 Å². The van der Waals surface area contributed by atoms with Crippen molar-refractivity contribution in [2.75, 3.05) is 12.0 Å². The molecule has 4 nitrogen and oxygen atoms in total. The Kier molecular flexibility index (Phi) is 6.70. The molecule has 5 heteroatoms. The van der Waals surface area contributed by atoms with Crippen LogP contribution in [-0.2, 0) is 11.2 Å². The van der Waals surface area contributed by atoms with E-state index in [1.807, 2.05) is 6.92 Å². The molecule has 0 aliphatic heterocycles. The molecule has 20 heavy (non-hydrogen) atoms. The van der Waals surface area contributed by atoms with Crippen LogP contribution in [0.15, 0.2) is 18.2 Å². The van der Waals surface area contributed by atoms with Crippen molar-refractivity contribution < 1.29 is 19.1 Å². The Morgan fingerprint density at radius 1 is 1.30 bits per heavy atom. The zero-order valence-electron chi connectivity index (χ0n) is 11.6. The van der Waals surface area contributed by atoms with Crippen LogP contribution in [0.2, 0.25) is 0 Å². The van der Waals surface area contributed by atoms with Crippen molar-refractivity contribution in [3.05, 3.63) is 29.3 Å². The Morgan fingerprint density at radius 2 is 2.05 bits per heavy atom. The quantitative estimate of drug-likeness (QED) is 0.767. The fourth-order valence-electron chi connectivity index (χ4n) is 1.86. The Morgan fingerprint density at radius 3 is 2.65 bits per heavy atom. The lowest BCUT2D eigenvalue weighted by Crippen LogP contribution is -2.13. The van der Waals surface area contributed by atoms with Gasteiger partial charge >= 0.3 is 5.97 Å². The van der Waals surface area contributed by atoms with Crippen molar-refractivity contribution in [1.29, 1.82) is 0 Å². The number of rotatable bonds is 8. The molecule has 0 heterocycles. The van der Waals surface area contributed by atoms with Gasteiger partial charge in [0, 0.05) is 12.1 Å². The number of amides is 1. The predicted molar refractivity (Wildman–Crippen MR) is 75.9 cm³/mol. The van der Waals surface area contributed by atoms with Crippen LogP contribution in [0, 0.1) is 0 Å². The lowest BCUT2D eigenvalue weighted by Gasteiger charge is -2.11. The van der Waals surface area contributed by atoms with Gasteiger partial charge in [0.1, 0.15) is 0 Å². The Hall–Kier alpha value is -1.91. The number of hydrogen-bond acceptors (Lipinski definition) is 2. The first-order chi connectivity index (χ1) is 9.58.